The molecule has 0 rings (SSSR count). The van der Waals surface area contributed by atoms with Crippen LogP contribution >= 0.6 is 7.82 Å². The van der Waals surface area contributed by atoms with Crippen LogP contribution in [0.15, 0.2) is 122 Å². The molecule has 0 aliphatic rings. The summed E-state index contributed by atoms with van der Waals surface area (Å²) >= 11 is 0. The molecule has 0 aliphatic heterocycles. The number of aliphatic hydroxyl groups is 1. The van der Waals surface area contributed by atoms with E-state index in [1.807, 2.05) is 27.2 Å². The van der Waals surface area contributed by atoms with E-state index >= 15 is 0 Å². The maximum atomic E-state index is 13.0. The Kier molecular flexibility index (Phi) is 53.3. The summed E-state index contributed by atoms with van der Waals surface area (Å²) in [7, 11) is 1.56. The van der Waals surface area contributed by atoms with Gasteiger partial charge in [-0.1, -0.05) is 264 Å². The molecule has 0 spiro atoms. The average molecular weight is 1060 g/mol. The van der Waals surface area contributed by atoms with Crippen molar-refractivity contribution < 1.29 is 32.9 Å². The van der Waals surface area contributed by atoms with Crippen LogP contribution < -0.4 is 5.32 Å². The van der Waals surface area contributed by atoms with Crippen molar-refractivity contribution in [2.45, 2.75) is 251 Å². The smallest absolute Gasteiger partial charge is 0.387 e. The number of nitrogens with zero attached hydrogens (tertiary/aromatic N) is 1. The lowest BCUT2D eigenvalue weighted by Crippen LogP contribution is -2.45. The number of carbonyl (C=O) groups is 1. The second-order valence-electron chi connectivity index (χ2n) is 21.3. The first-order valence-corrected chi connectivity index (χ1v) is 31.9. The number of unbranched alkanes of at least 4 members (excludes halogenated alkanes) is 23. The third kappa shape index (κ3) is 58.4. The van der Waals surface area contributed by atoms with Gasteiger partial charge in [0, 0.05) is 6.42 Å². The van der Waals surface area contributed by atoms with E-state index in [1.54, 1.807) is 6.08 Å². The average Bonchev–Trinajstić information content (AvgIpc) is 3.37. The van der Waals surface area contributed by atoms with Gasteiger partial charge in [0.15, 0.2) is 0 Å². The van der Waals surface area contributed by atoms with Crippen molar-refractivity contribution in [3.05, 3.63) is 122 Å². The molecule has 0 saturated heterocycles. The maximum absolute atomic E-state index is 13.0. The Morgan fingerprint density at radius 1 is 0.467 bits per heavy atom. The predicted octanol–water partition coefficient (Wildman–Crippen LogP) is 18.9. The lowest BCUT2D eigenvalue weighted by Gasteiger charge is -2.25. The molecule has 0 fully saturated rings. The van der Waals surface area contributed by atoms with Crippen LogP contribution in [0.1, 0.15) is 239 Å². The maximum Gasteiger partial charge on any atom is 0.472 e. The van der Waals surface area contributed by atoms with E-state index in [1.165, 1.54) is 116 Å². The van der Waals surface area contributed by atoms with Crippen molar-refractivity contribution in [2.75, 3.05) is 40.9 Å². The molecule has 0 aromatic rings. The summed E-state index contributed by atoms with van der Waals surface area (Å²) in [6, 6.07) is -0.858. The molecule has 0 aliphatic carbocycles. The monoisotopic (exact) mass is 1060 g/mol. The summed E-state index contributed by atoms with van der Waals surface area (Å²) < 4.78 is 23.7. The molecule has 0 radical (unpaired) electrons. The van der Waals surface area contributed by atoms with Crippen molar-refractivity contribution in [3.8, 4) is 0 Å². The van der Waals surface area contributed by atoms with E-state index in [9.17, 15) is 19.4 Å². The lowest BCUT2D eigenvalue weighted by atomic mass is 10.0. The molecule has 3 unspecified atom stereocenters. The molecule has 1 amide bonds. The van der Waals surface area contributed by atoms with E-state index in [0.717, 1.165) is 103 Å². The Hall–Kier alpha value is -3.10. The number of carbonyl (C=O) groups excluding carboxylic acids is 1. The molecule has 0 aromatic heterocycles. The quantitative estimate of drug-likeness (QED) is 0.0243. The first-order chi connectivity index (χ1) is 36.5. The van der Waals surface area contributed by atoms with Crippen LogP contribution in [-0.4, -0.2) is 73.4 Å². The molecule has 8 nitrogen and oxygen atoms in total. The second-order valence-corrected chi connectivity index (χ2v) is 22.8. The highest BCUT2D eigenvalue weighted by Crippen LogP contribution is 2.43. The minimum atomic E-state index is -4.36. The van der Waals surface area contributed by atoms with E-state index in [4.69, 9.17) is 9.05 Å². The molecule has 0 saturated carbocycles. The third-order valence-corrected chi connectivity index (χ3v) is 13.9. The van der Waals surface area contributed by atoms with Gasteiger partial charge < -0.3 is 19.8 Å². The van der Waals surface area contributed by atoms with Crippen LogP contribution in [0.3, 0.4) is 0 Å². The molecular weight excluding hydrogens is 948 g/mol. The van der Waals surface area contributed by atoms with E-state index in [-0.39, 0.29) is 19.1 Å². The van der Waals surface area contributed by atoms with Crippen LogP contribution in [0.4, 0.5) is 0 Å². The minimum Gasteiger partial charge on any atom is -0.387 e. The van der Waals surface area contributed by atoms with E-state index in [2.05, 4.69) is 129 Å². The topological polar surface area (TPSA) is 105 Å². The van der Waals surface area contributed by atoms with Crippen LogP contribution in [0.5, 0.6) is 0 Å². The van der Waals surface area contributed by atoms with Gasteiger partial charge in [0.1, 0.15) is 13.2 Å². The van der Waals surface area contributed by atoms with Crippen LogP contribution in [0, 0.1) is 0 Å². The summed E-state index contributed by atoms with van der Waals surface area (Å²) in [6.07, 6.45) is 83.0. The Morgan fingerprint density at radius 2 is 0.800 bits per heavy atom. The van der Waals surface area contributed by atoms with Gasteiger partial charge in [-0.25, -0.2) is 4.57 Å². The minimum absolute atomic E-state index is 0.0549. The number of hydrogen-bond acceptors (Lipinski definition) is 5. The SMILES string of the molecule is CC/C=C\C/C=C\C/C=C\C/C=C\C/C=C\C/C=C\C/C=C\C/C=C\C/C=C\CCCCCCCCCCCC(=O)NC(COP(=O)(O)OCC[N+](C)(C)C)C(O)/C=C/CCCCCCCCCCCCCCCC. The number of hydrogen-bond donors (Lipinski definition) is 3. The number of allylic oxidation sites excluding steroid dienone is 19. The Balaban J connectivity index is 4.16. The molecule has 0 heterocycles. The molecule has 75 heavy (non-hydrogen) atoms. The number of rotatable bonds is 54. The Labute approximate surface area is 463 Å². The van der Waals surface area contributed by atoms with Crippen molar-refractivity contribution >= 4 is 13.7 Å². The van der Waals surface area contributed by atoms with Gasteiger partial charge >= 0.3 is 7.82 Å². The van der Waals surface area contributed by atoms with Crippen molar-refractivity contribution in [1.29, 1.82) is 0 Å². The Morgan fingerprint density at radius 3 is 1.17 bits per heavy atom. The zero-order valence-electron chi connectivity index (χ0n) is 49.0. The number of amides is 1. The zero-order valence-corrected chi connectivity index (χ0v) is 49.9. The number of likely N-dealkylation sites (N-methyl/N-ethyl adjacent to an activating group) is 1. The summed E-state index contributed by atoms with van der Waals surface area (Å²) in [6.45, 7) is 4.69. The van der Waals surface area contributed by atoms with Crippen molar-refractivity contribution in [2.24, 2.45) is 0 Å². The van der Waals surface area contributed by atoms with Gasteiger partial charge in [0.2, 0.25) is 5.91 Å². The summed E-state index contributed by atoms with van der Waals surface area (Å²) in [5.74, 6) is -0.188. The third-order valence-electron chi connectivity index (χ3n) is 12.9. The second kappa shape index (κ2) is 55.6. The van der Waals surface area contributed by atoms with Gasteiger partial charge in [-0.2, -0.15) is 0 Å². The summed E-state index contributed by atoms with van der Waals surface area (Å²) in [5.41, 5.74) is 0. The van der Waals surface area contributed by atoms with Gasteiger partial charge in [0.05, 0.1) is 39.9 Å². The number of phosphoric acid groups is 1. The number of quaternary nitrogens is 1. The fraction of sp³-hybridized carbons (Fsp3) is 0.682. The van der Waals surface area contributed by atoms with Crippen LogP contribution in [0.25, 0.3) is 0 Å². The largest absolute Gasteiger partial charge is 0.472 e. The zero-order chi connectivity index (χ0) is 54.9. The number of phosphoric ester groups is 1. The first kappa shape index (κ1) is 71.9. The molecule has 3 atom stereocenters. The fourth-order valence-electron chi connectivity index (χ4n) is 8.21. The van der Waals surface area contributed by atoms with Crippen molar-refractivity contribution in [3.63, 3.8) is 0 Å². The van der Waals surface area contributed by atoms with E-state index in [0.29, 0.717) is 17.4 Å². The number of aliphatic hydroxyl groups excluding tert-OH is 1. The predicted molar refractivity (Wildman–Crippen MR) is 327 cm³/mol. The summed E-state index contributed by atoms with van der Waals surface area (Å²) in [5, 5.41) is 13.9. The van der Waals surface area contributed by atoms with Crippen LogP contribution in [-0.2, 0) is 18.4 Å². The fourth-order valence-corrected chi connectivity index (χ4v) is 8.95. The Bertz CT molecular complexity index is 1630. The molecule has 0 aromatic carbocycles. The van der Waals surface area contributed by atoms with Gasteiger partial charge in [-0.3, -0.25) is 13.8 Å². The van der Waals surface area contributed by atoms with Gasteiger partial charge in [0.25, 0.3) is 0 Å². The highest BCUT2D eigenvalue weighted by molar-refractivity contribution is 7.47. The molecule has 0 bridgehead atoms. The standard InChI is InChI=1S/C66H115N2O6P/c1-6-8-10-12-14-16-18-20-22-24-25-26-27-28-29-30-31-32-33-34-35-36-37-38-39-40-41-42-43-44-46-48-50-52-54-56-58-60-66(70)67-64(63-74-75(71,72)73-62-61-68(3,4)5)65(69)59-57-55-53-51-49-47-45-23-21-19-17-15-13-11-9-7-2/h8,10,14,16,20,22,25-26,28-29,31-32,34-35,37-38,40-41,57,59,64-65,69H,6-7,9,11-13,15,17-19,21,23-24,27,30,33,36,39,42-56,58,60-63H2,1-5H3,(H-,67,70,71,72)/p+1/b10-8-,16-14-,22-20-,26-25-,29-28-,32-31-,35-34-,38-37-,41-40-,59-57+. The lowest BCUT2D eigenvalue weighted by molar-refractivity contribution is -0.870. The van der Waals surface area contributed by atoms with E-state index < -0.39 is 20.0 Å². The van der Waals surface area contributed by atoms with Gasteiger partial charge in [-0.15, -0.1) is 0 Å². The molecule has 430 valence electrons. The van der Waals surface area contributed by atoms with Gasteiger partial charge in [-0.05, 0) is 89.9 Å². The summed E-state index contributed by atoms with van der Waals surface area (Å²) in [4.78, 5) is 23.3. The van der Waals surface area contributed by atoms with Crippen molar-refractivity contribution in [1.82, 2.24) is 5.32 Å². The number of nitrogens with one attached hydrogen (secondary N) is 1. The van der Waals surface area contributed by atoms with Crippen LogP contribution in [0.2, 0.25) is 0 Å². The molecule has 9 heteroatoms. The highest BCUT2D eigenvalue weighted by Gasteiger charge is 2.27. The first-order valence-electron chi connectivity index (χ1n) is 30.4. The molecule has 3 N–H and O–H groups in total. The highest BCUT2D eigenvalue weighted by atomic mass is 31.2. The normalized spacial score (nSPS) is 14.7. The molecular formula is C66H116N2O6P+.